The molecule has 0 radical (unpaired) electrons. The number of carbonyl (C=O) groups excluding carboxylic acids is 4. The summed E-state index contributed by atoms with van der Waals surface area (Å²) in [5.74, 6) is -3.00. The Labute approximate surface area is 271 Å². The summed E-state index contributed by atoms with van der Waals surface area (Å²) in [6.45, 7) is 3.19. The van der Waals surface area contributed by atoms with E-state index < -0.39 is 61.2 Å². The van der Waals surface area contributed by atoms with Gasteiger partial charge in [0, 0.05) is 0 Å². The van der Waals surface area contributed by atoms with Crippen molar-refractivity contribution in [2.45, 2.75) is 30.7 Å². The molecule has 0 spiro atoms. The SMILES string of the molecule is C=CCO[C@H]1O[C@H](COC(=O)c2ccccc2)[C@@H](OC(=O)c2ccccc2)[C@H](OC(=O)c2ccccc2)[C@H]1OC(=O)c1ccccc1. The Hall–Kier alpha value is -5.58. The van der Waals surface area contributed by atoms with Crippen molar-refractivity contribution in [2.75, 3.05) is 13.2 Å². The van der Waals surface area contributed by atoms with Gasteiger partial charge in [0.2, 0.25) is 0 Å². The molecule has 0 aliphatic carbocycles. The zero-order valence-electron chi connectivity index (χ0n) is 25.2. The first kappa shape index (κ1) is 32.8. The highest BCUT2D eigenvalue weighted by Gasteiger charge is 2.53. The Balaban J connectivity index is 1.53. The summed E-state index contributed by atoms with van der Waals surface area (Å²) < 4.78 is 35.5. The van der Waals surface area contributed by atoms with E-state index in [-0.39, 0.29) is 28.9 Å². The topological polar surface area (TPSA) is 124 Å². The molecular formula is C37H32O10. The number of hydrogen-bond donors (Lipinski definition) is 0. The van der Waals surface area contributed by atoms with Crippen molar-refractivity contribution in [3.8, 4) is 0 Å². The van der Waals surface area contributed by atoms with Gasteiger partial charge in [-0.05, 0) is 48.5 Å². The molecule has 1 aliphatic heterocycles. The molecule has 10 nitrogen and oxygen atoms in total. The average Bonchev–Trinajstić information content (AvgIpc) is 3.13. The van der Waals surface area contributed by atoms with Crippen LogP contribution in [0.5, 0.6) is 0 Å². The Morgan fingerprint density at radius 3 is 1.36 bits per heavy atom. The molecular weight excluding hydrogens is 604 g/mol. The van der Waals surface area contributed by atoms with Crippen molar-refractivity contribution in [2.24, 2.45) is 0 Å². The van der Waals surface area contributed by atoms with Gasteiger partial charge in [-0.1, -0.05) is 78.9 Å². The highest BCUT2D eigenvalue weighted by Crippen LogP contribution is 2.31. The summed E-state index contributed by atoms with van der Waals surface area (Å²) >= 11 is 0. The number of carbonyl (C=O) groups is 4. The van der Waals surface area contributed by atoms with E-state index in [0.29, 0.717) is 0 Å². The smallest absolute Gasteiger partial charge is 0.338 e. The van der Waals surface area contributed by atoms with Crippen LogP contribution in [-0.4, -0.2) is 67.8 Å². The molecule has 1 saturated heterocycles. The molecule has 0 bridgehead atoms. The second kappa shape index (κ2) is 16.1. The van der Waals surface area contributed by atoms with Gasteiger partial charge in [0.05, 0.1) is 28.9 Å². The maximum absolute atomic E-state index is 13.5. The van der Waals surface area contributed by atoms with E-state index in [2.05, 4.69) is 6.58 Å². The number of rotatable bonds is 12. The molecule has 10 heteroatoms. The van der Waals surface area contributed by atoms with Crippen LogP contribution in [0.4, 0.5) is 0 Å². The molecule has 240 valence electrons. The Kier molecular flexibility index (Phi) is 11.3. The third-order valence-electron chi connectivity index (χ3n) is 7.12. The fourth-order valence-electron chi connectivity index (χ4n) is 4.82. The van der Waals surface area contributed by atoms with Gasteiger partial charge >= 0.3 is 23.9 Å². The van der Waals surface area contributed by atoms with E-state index in [0.717, 1.165) is 0 Å². The van der Waals surface area contributed by atoms with Crippen LogP contribution in [0.1, 0.15) is 41.4 Å². The van der Waals surface area contributed by atoms with E-state index in [1.165, 1.54) is 6.08 Å². The van der Waals surface area contributed by atoms with E-state index in [4.69, 9.17) is 28.4 Å². The van der Waals surface area contributed by atoms with Crippen LogP contribution in [0, 0.1) is 0 Å². The van der Waals surface area contributed by atoms with Crippen LogP contribution in [0.3, 0.4) is 0 Å². The molecule has 5 rings (SSSR count). The van der Waals surface area contributed by atoms with Crippen molar-refractivity contribution < 1.29 is 47.6 Å². The molecule has 1 heterocycles. The predicted molar refractivity (Wildman–Crippen MR) is 168 cm³/mol. The highest BCUT2D eigenvalue weighted by molar-refractivity contribution is 5.91. The van der Waals surface area contributed by atoms with Gasteiger partial charge in [0.1, 0.15) is 12.7 Å². The molecule has 0 N–H and O–H groups in total. The van der Waals surface area contributed by atoms with E-state index >= 15 is 0 Å². The molecule has 0 saturated carbocycles. The van der Waals surface area contributed by atoms with Crippen molar-refractivity contribution in [3.63, 3.8) is 0 Å². The number of ether oxygens (including phenoxy) is 6. The summed E-state index contributed by atoms with van der Waals surface area (Å²) in [7, 11) is 0. The highest BCUT2D eigenvalue weighted by atomic mass is 16.7. The summed E-state index contributed by atoms with van der Waals surface area (Å²) in [6.07, 6.45) is -5.49. The van der Waals surface area contributed by atoms with Gasteiger partial charge < -0.3 is 28.4 Å². The Morgan fingerprint density at radius 2 is 0.936 bits per heavy atom. The van der Waals surface area contributed by atoms with Crippen LogP contribution in [0.25, 0.3) is 0 Å². The molecule has 0 amide bonds. The quantitative estimate of drug-likeness (QED) is 0.113. The lowest BCUT2D eigenvalue weighted by molar-refractivity contribution is -0.295. The van der Waals surface area contributed by atoms with Gasteiger partial charge in [-0.25, -0.2) is 19.2 Å². The zero-order valence-corrected chi connectivity index (χ0v) is 25.2. The fourth-order valence-corrected chi connectivity index (χ4v) is 4.82. The predicted octanol–water partition coefficient (Wildman–Crippen LogP) is 5.45. The minimum Gasteiger partial charge on any atom is -0.459 e. The number of hydrogen-bond acceptors (Lipinski definition) is 10. The van der Waals surface area contributed by atoms with E-state index in [1.54, 1.807) is 121 Å². The first-order chi connectivity index (χ1) is 22.9. The lowest BCUT2D eigenvalue weighted by Gasteiger charge is -2.44. The van der Waals surface area contributed by atoms with E-state index in [1.807, 2.05) is 0 Å². The van der Waals surface area contributed by atoms with Crippen molar-refractivity contribution >= 4 is 23.9 Å². The summed E-state index contributed by atoms with van der Waals surface area (Å²) in [6, 6.07) is 32.7. The molecule has 1 fully saturated rings. The average molecular weight is 637 g/mol. The first-order valence-electron chi connectivity index (χ1n) is 14.8. The van der Waals surface area contributed by atoms with Gasteiger partial charge in [-0.2, -0.15) is 0 Å². The van der Waals surface area contributed by atoms with Gasteiger partial charge in [-0.15, -0.1) is 6.58 Å². The van der Waals surface area contributed by atoms with Crippen LogP contribution in [0.15, 0.2) is 134 Å². The maximum atomic E-state index is 13.5. The van der Waals surface area contributed by atoms with Gasteiger partial charge in [-0.3, -0.25) is 0 Å². The van der Waals surface area contributed by atoms with Crippen molar-refractivity contribution in [3.05, 3.63) is 156 Å². The van der Waals surface area contributed by atoms with Crippen LogP contribution in [0.2, 0.25) is 0 Å². The third kappa shape index (κ3) is 8.57. The lowest BCUT2D eigenvalue weighted by atomic mass is 9.97. The largest absolute Gasteiger partial charge is 0.459 e. The molecule has 1 aliphatic rings. The summed E-state index contributed by atoms with van der Waals surface area (Å²) in [5, 5.41) is 0. The van der Waals surface area contributed by atoms with Crippen LogP contribution < -0.4 is 0 Å². The standard InChI is InChI=1S/C37H32O10/c1-2-23-42-37-32(47-36(41)28-21-13-6-14-22-28)31(46-35(40)27-19-11-5-12-20-27)30(45-34(39)26-17-9-4-10-18-26)29(44-37)24-43-33(38)25-15-7-3-8-16-25/h2-22,29-32,37H,1,23-24H2/t29-,30-,31+,32-,37+/m1/s1. The zero-order chi connectivity index (χ0) is 33.0. The minimum absolute atomic E-state index is 0.0472. The van der Waals surface area contributed by atoms with E-state index in [9.17, 15) is 19.2 Å². The molecule has 47 heavy (non-hydrogen) atoms. The third-order valence-corrected chi connectivity index (χ3v) is 7.12. The normalized spacial score (nSPS) is 20.3. The van der Waals surface area contributed by atoms with Crippen LogP contribution >= 0.6 is 0 Å². The maximum Gasteiger partial charge on any atom is 0.338 e. The van der Waals surface area contributed by atoms with Gasteiger partial charge in [0.15, 0.2) is 24.6 Å². The summed E-state index contributed by atoms with van der Waals surface area (Å²) in [5.41, 5.74) is 0.876. The molecule has 4 aromatic carbocycles. The molecule has 5 atom stereocenters. The number of esters is 4. The monoisotopic (exact) mass is 636 g/mol. The summed E-state index contributed by atoms with van der Waals surface area (Å²) in [4.78, 5) is 53.2. The van der Waals surface area contributed by atoms with Crippen LogP contribution in [-0.2, 0) is 28.4 Å². The minimum atomic E-state index is -1.48. The molecule has 0 unspecified atom stereocenters. The molecule has 0 aromatic heterocycles. The second-order valence-electron chi connectivity index (χ2n) is 10.3. The fraction of sp³-hybridized carbons (Fsp3) is 0.189. The Bertz CT molecular complexity index is 1640. The van der Waals surface area contributed by atoms with Crippen molar-refractivity contribution in [1.82, 2.24) is 0 Å². The van der Waals surface area contributed by atoms with Gasteiger partial charge in [0.25, 0.3) is 0 Å². The lowest BCUT2D eigenvalue weighted by Crippen LogP contribution is -2.63. The Morgan fingerprint density at radius 1 is 0.553 bits per heavy atom. The van der Waals surface area contributed by atoms with Crippen molar-refractivity contribution in [1.29, 1.82) is 0 Å². The second-order valence-corrected chi connectivity index (χ2v) is 10.3. The first-order valence-corrected chi connectivity index (χ1v) is 14.8. The molecule has 4 aromatic rings. The number of benzene rings is 4.